The van der Waals surface area contributed by atoms with Gasteiger partial charge in [-0.1, -0.05) is 42.5 Å². The van der Waals surface area contributed by atoms with E-state index in [1.165, 1.54) is 0 Å². The maximum Gasteiger partial charge on any atom is 0.109 e. The third-order valence-electron chi connectivity index (χ3n) is 4.42. The van der Waals surface area contributed by atoms with Gasteiger partial charge in [0.2, 0.25) is 0 Å². The number of hydrogen-bond acceptors (Lipinski definition) is 3. The van der Waals surface area contributed by atoms with Gasteiger partial charge in [-0.2, -0.15) is 0 Å². The van der Waals surface area contributed by atoms with Crippen LogP contribution >= 0.6 is 0 Å². The zero-order valence-corrected chi connectivity index (χ0v) is 15.8. The van der Waals surface area contributed by atoms with Crippen molar-refractivity contribution in [3.63, 3.8) is 0 Å². The van der Waals surface area contributed by atoms with Crippen LogP contribution in [0, 0.1) is 0 Å². The van der Waals surface area contributed by atoms with Crippen LogP contribution in [0.15, 0.2) is 78.1 Å². The maximum absolute atomic E-state index is 4.80. The molecular formula is C23H24N4. The minimum Gasteiger partial charge on any atom is -0.337 e. The van der Waals surface area contributed by atoms with Gasteiger partial charge < -0.3 is 4.57 Å². The first-order chi connectivity index (χ1) is 13.2. The number of aromatic nitrogens is 3. The van der Waals surface area contributed by atoms with E-state index in [2.05, 4.69) is 40.7 Å². The lowest BCUT2D eigenvalue weighted by atomic mass is 10.1. The summed E-state index contributed by atoms with van der Waals surface area (Å²) in [6.45, 7) is 5.48. The van der Waals surface area contributed by atoms with Gasteiger partial charge in [0, 0.05) is 37.1 Å². The SMILES string of the molecule is C=N/C=C\C(=C/C)c1cccc(CCc2nc(-c3ccccc3)cn2C)n1. The molecule has 0 amide bonds. The van der Waals surface area contributed by atoms with Crippen molar-refractivity contribution < 1.29 is 0 Å². The topological polar surface area (TPSA) is 43.1 Å². The van der Waals surface area contributed by atoms with E-state index in [1.54, 1.807) is 6.20 Å². The molecule has 3 rings (SSSR count). The summed E-state index contributed by atoms with van der Waals surface area (Å²) in [5.41, 5.74) is 5.18. The second-order valence-corrected chi connectivity index (χ2v) is 6.28. The fourth-order valence-electron chi connectivity index (χ4n) is 2.97. The third kappa shape index (κ3) is 4.67. The highest BCUT2D eigenvalue weighted by Crippen LogP contribution is 2.19. The molecule has 1 aromatic carbocycles. The first-order valence-corrected chi connectivity index (χ1v) is 9.04. The number of aliphatic imine (C=N–C) groups is 1. The van der Waals surface area contributed by atoms with Gasteiger partial charge in [0.1, 0.15) is 5.82 Å². The number of allylic oxidation sites excluding steroid dienone is 3. The van der Waals surface area contributed by atoms with Crippen molar-refractivity contribution >= 4 is 12.3 Å². The van der Waals surface area contributed by atoms with Gasteiger partial charge in [-0.25, -0.2) is 4.98 Å². The molecule has 0 aliphatic heterocycles. The Kier molecular flexibility index (Phi) is 6.10. The van der Waals surface area contributed by atoms with Gasteiger partial charge in [0.15, 0.2) is 0 Å². The Balaban J connectivity index is 1.74. The van der Waals surface area contributed by atoms with Gasteiger partial charge in [-0.3, -0.25) is 9.98 Å². The second-order valence-electron chi connectivity index (χ2n) is 6.28. The van der Waals surface area contributed by atoms with E-state index in [0.29, 0.717) is 0 Å². The van der Waals surface area contributed by atoms with E-state index < -0.39 is 0 Å². The Morgan fingerprint density at radius 2 is 1.89 bits per heavy atom. The summed E-state index contributed by atoms with van der Waals surface area (Å²) < 4.78 is 2.10. The first-order valence-electron chi connectivity index (χ1n) is 9.04. The molecule has 0 aliphatic rings. The fraction of sp³-hybridized carbons (Fsp3) is 0.174. The van der Waals surface area contributed by atoms with Crippen molar-refractivity contribution in [1.29, 1.82) is 0 Å². The van der Waals surface area contributed by atoms with Crippen molar-refractivity contribution in [1.82, 2.24) is 14.5 Å². The van der Waals surface area contributed by atoms with E-state index in [-0.39, 0.29) is 0 Å². The van der Waals surface area contributed by atoms with Gasteiger partial charge in [-0.05, 0) is 43.8 Å². The summed E-state index contributed by atoms with van der Waals surface area (Å²) in [5.74, 6) is 1.06. The summed E-state index contributed by atoms with van der Waals surface area (Å²) in [4.78, 5) is 13.4. The van der Waals surface area contributed by atoms with E-state index >= 15 is 0 Å². The molecule has 3 aromatic rings. The Hall–Kier alpha value is -3.27. The summed E-state index contributed by atoms with van der Waals surface area (Å²) in [5, 5.41) is 0. The lowest BCUT2D eigenvalue weighted by Crippen LogP contribution is -2.02. The molecule has 136 valence electrons. The molecule has 0 N–H and O–H groups in total. The molecule has 0 radical (unpaired) electrons. The van der Waals surface area contributed by atoms with Crippen LogP contribution in [0.1, 0.15) is 24.1 Å². The zero-order chi connectivity index (χ0) is 19.1. The molecule has 27 heavy (non-hydrogen) atoms. The quantitative estimate of drug-likeness (QED) is 0.447. The van der Waals surface area contributed by atoms with Crippen molar-refractivity contribution in [2.75, 3.05) is 0 Å². The standard InChI is InChI=1S/C23H24N4/c1-4-18(15-16-24-2)21-12-8-11-20(25-21)13-14-23-26-22(17-27(23)3)19-9-6-5-7-10-19/h4-12,15-17H,2,13-14H2,1,3H3/b16-15-,18-4+. The highest BCUT2D eigenvalue weighted by Gasteiger charge is 2.08. The van der Waals surface area contributed by atoms with Crippen LogP contribution in [0.25, 0.3) is 16.8 Å². The molecule has 0 saturated carbocycles. The molecule has 4 nitrogen and oxygen atoms in total. The smallest absolute Gasteiger partial charge is 0.109 e. The van der Waals surface area contributed by atoms with Gasteiger partial charge in [0.25, 0.3) is 0 Å². The molecule has 0 aliphatic carbocycles. The molecule has 4 heteroatoms. The second kappa shape index (κ2) is 8.90. The lowest BCUT2D eigenvalue weighted by Gasteiger charge is -2.05. The summed E-state index contributed by atoms with van der Waals surface area (Å²) in [7, 11) is 2.05. The predicted molar refractivity (Wildman–Crippen MR) is 113 cm³/mol. The highest BCUT2D eigenvalue weighted by molar-refractivity contribution is 5.71. The van der Waals surface area contributed by atoms with Crippen LogP contribution in [-0.2, 0) is 19.9 Å². The van der Waals surface area contributed by atoms with Crippen LogP contribution in [-0.4, -0.2) is 21.3 Å². The Morgan fingerprint density at radius 1 is 1.07 bits per heavy atom. The molecule has 0 atom stereocenters. The zero-order valence-electron chi connectivity index (χ0n) is 15.8. The number of hydrogen-bond donors (Lipinski definition) is 0. The average Bonchev–Trinajstić information content (AvgIpc) is 3.09. The molecule has 2 aromatic heterocycles. The van der Waals surface area contributed by atoms with E-state index in [0.717, 1.165) is 46.9 Å². The Bertz CT molecular complexity index is 965. The molecule has 0 fully saturated rings. The van der Waals surface area contributed by atoms with E-state index in [4.69, 9.17) is 9.97 Å². The minimum atomic E-state index is 0.841. The maximum atomic E-state index is 4.80. The van der Waals surface area contributed by atoms with Gasteiger partial charge in [-0.15, -0.1) is 0 Å². The predicted octanol–water partition coefficient (Wildman–Crippen LogP) is 4.88. The molecular weight excluding hydrogens is 332 g/mol. The minimum absolute atomic E-state index is 0.841. The molecule has 0 unspecified atom stereocenters. The summed E-state index contributed by atoms with van der Waals surface area (Å²) in [6, 6.07) is 16.4. The van der Waals surface area contributed by atoms with Gasteiger partial charge in [0.05, 0.1) is 11.4 Å². The van der Waals surface area contributed by atoms with Crippen LogP contribution in [0.3, 0.4) is 0 Å². The summed E-state index contributed by atoms with van der Waals surface area (Å²) >= 11 is 0. The number of imidazole rings is 1. The third-order valence-corrected chi connectivity index (χ3v) is 4.42. The average molecular weight is 356 g/mol. The highest BCUT2D eigenvalue weighted by atomic mass is 15.0. The van der Waals surface area contributed by atoms with Crippen LogP contribution < -0.4 is 0 Å². The Morgan fingerprint density at radius 3 is 2.63 bits per heavy atom. The number of aryl methyl sites for hydroxylation is 3. The molecule has 0 bridgehead atoms. The van der Waals surface area contributed by atoms with Crippen LogP contribution in [0.5, 0.6) is 0 Å². The first kappa shape index (κ1) is 18.5. The monoisotopic (exact) mass is 356 g/mol. The van der Waals surface area contributed by atoms with Crippen molar-refractivity contribution in [2.24, 2.45) is 12.0 Å². The van der Waals surface area contributed by atoms with Gasteiger partial charge >= 0.3 is 0 Å². The molecule has 0 spiro atoms. The molecule has 2 heterocycles. The number of benzene rings is 1. The largest absolute Gasteiger partial charge is 0.337 e. The lowest BCUT2D eigenvalue weighted by molar-refractivity contribution is 0.761. The summed E-state index contributed by atoms with van der Waals surface area (Å²) in [6.07, 6.45) is 9.40. The van der Waals surface area contributed by atoms with E-state index in [9.17, 15) is 0 Å². The number of rotatable bonds is 7. The fourth-order valence-corrected chi connectivity index (χ4v) is 2.97. The van der Waals surface area contributed by atoms with Crippen LogP contribution in [0.2, 0.25) is 0 Å². The normalized spacial score (nSPS) is 11.9. The van der Waals surface area contributed by atoms with E-state index in [1.807, 2.05) is 56.5 Å². The Labute approximate surface area is 160 Å². The van der Waals surface area contributed by atoms with Crippen molar-refractivity contribution in [2.45, 2.75) is 19.8 Å². The van der Waals surface area contributed by atoms with Crippen LogP contribution in [0.4, 0.5) is 0 Å². The van der Waals surface area contributed by atoms with Crippen molar-refractivity contribution in [3.8, 4) is 11.3 Å². The molecule has 0 saturated heterocycles. The number of pyridine rings is 1. The van der Waals surface area contributed by atoms with Crippen molar-refractivity contribution in [3.05, 3.63) is 90.3 Å². The number of nitrogens with zero attached hydrogens (tertiary/aromatic N) is 4.